The standard InChI is InChI=1S/C16H13FO3/c1-19-12-5-2-10(3-6-12)15-9-14(18)13-7-4-11(17)8-16(13)20-15/h2-8,15H,9H2,1H3/t15-/m0/s1. The molecule has 0 spiro atoms. The van der Waals surface area contributed by atoms with Crippen molar-refractivity contribution < 1.29 is 18.7 Å². The highest BCUT2D eigenvalue weighted by molar-refractivity contribution is 6.00. The van der Waals surface area contributed by atoms with Gasteiger partial charge in [0.05, 0.1) is 19.1 Å². The van der Waals surface area contributed by atoms with E-state index in [9.17, 15) is 9.18 Å². The molecule has 4 heteroatoms. The molecule has 1 aliphatic rings. The molecule has 3 nitrogen and oxygen atoms in total. The zero-order chi connectivity index (χ0) is 14.1. The van der Waals surface area contributed by atoms with Crippen molar-refractivity contribution >= 4 is 5.78 Å². The zero-order valence-corrected chi connectivity index (χ0v) is 10.9. The summed E-state index contributed by atoms with van der Waals surface area (Å²) >= 11 is 0. The van der Waals surface area contributed by atoms with Crippen LogP contribution < -0.4 is 9.47 Å². The number of carbonyl (C=O) groups is 1. The van der Waals surface area contributed by atoms with Crippen molar-refractivity contribution in [3.8, 4) is 11.5 Å². The Balaban J connectivity index is 1.91. The monoisotopic (exact) mass is 272 g/mol. The number of fused-ring (bicyclic) bond motifs is 1. The van der Waals surface area contributed by atoms with Gasteiger partial charge in [-0.15, -0.1) is 0 Å². The lowest BCUT2D eigenvalue weighted by atomic mass is 9.96. The minimum absolute atomic E-state index is 0.0351. The summed E-state index contributed by atoms with van der Waals surface area (Å²) in [5.41, 5.74) is 1.31. The van der Waals surface area contributed by atoms with Crippen LogP contribution in [-0.4, -0.2) is 12.9 Å². The summed E-state index contributed by atoms with van der Waals surface area (Å²) in [7, 11) is 1.59. The fraction of sp³-hybridized carbons (Fsp3) is 0.188. The first-order valence-electron chi connectivity index (χ1n) is 6.31. The van der Waals surface area contributed by atoms with Gasteiger partial charge >= 0.3 is 0 Å². The van der Waals surface area contributed by atoms with E-state index < -0.39 is 5.82 Å². The first kappa shape index (κ1) is 12.7. The number of rotatable bonds is 2. The molecular formula is C16H13FO3. The molecule has 20 heavy (non-hydrogen) atoms. The van der Waals surface area contributed by atoms with E-state index in [4.69, 9.17) is 9.47 Å². The van der Waals surface area contributed by atoms with Crippen LogP contribution in [0.3, 0.4) is 0 Å². The molecule has 3 rings (SSSR count). The lowest BCUT2D eigenvalue weighted by Gasteiger charge is -2.25. The highest BCUT2D eigenvalue weighted by Gasteiger charge is 2.27. The minimum Gasteiger partial charge on any atom is -0.497 e. The van der Waals surface area contributed by atoms with Crippen molar-refractivity contribution in [1.82, 2.24) is 0 Å². The van der Waals surface area contributed by atoms with Gasteiger partial charge in [0.2, 0.25) is 0 Å². The molecule has 102 valence electrons. The molecule has 0 fully saturated rings. The van der Waals surface area contributed by atoms with Gasteiger partial charge in [0.15, 0.2) is 5.78 Å². The van der Waals surface area contributed by atoms with Gasteiger partial charge in [-0.25, -0.2) is 4.39 Å². The lowest BCUT2D eigenvalue weighted by molar-refractivity contribution is 0.0849. The Morgan fingerprint density at radius 3 is 2.65 bits per heavy atom. The summed E-state index contributed by atoms with van der Waals surface area (Å²) in [4.78, 5) is 12.1. The Bertz CT molecular complexity index is 649. The topological polar surface area (TPSA) is 35.5 Å². The maximum atomic E-state index is 13.2. The van der Waals surface area contributed by atoms with Gasteiger partial charge < -0.3 is 9.47 Å². The SMILES string of the molecule is COc1ccc([C@@H]2CC(=O)c3ccc(F)cc3O2)cc1. The van der Waals surface area contributed by atoms with Crippen molar-refractivity contribution in [2.24, 2.45) is 0 Å². The largest absolute Gasteiger partial charge is 0.497 e. The molecule has 2 aromatic carbocycles. The van der Waals surface area contributed by atoms with Crippen LogP contribution in [0.15, 0.2) is 42.5 Å². The van der Waals surface area contributed by atoms with Gasteiger partial charge in [-0.3, -0.25) is 4.79 Å². The lowest BCUT2D eigenvalue weighted by Crippen LogP contribution is -2.20. The number of halogens is 1. The van der Waals surface area contributed by atoms with Crippen LogP contribution in [0.4, 0.5) is 4.39 Å². The second-order valence-corrected chi connectivity index (χ2v) is 4.65. The molecule has 2 aromatic rings. The van der Waals surface area contributed by atoms with E-state index in [1.807, 2.05) is 24.3 Å². The van der Waals surface area contributed by atoms with Gasteiger partial charge in [0, 0.05) is 6.07 Å². The zero-order valence-electron chi connectivity index (χ0n) is 10.9. The maximum Gasteiger partial charge on any atom is 0.170 e. The van der Waals surface area contributed by atoms with Crippen LogP contribution in [0.1, 0.15) is 28.4 Å². The number of Topliss-reactive ketones (excluding diaryl/α,β-unsaturated/α-hetero) is 1. The third kappa shape index (κ3) is 2.25. The normalized spacial score (nSPS) is 17.3. The van der Waals surface area contributed by atoms with E-state index in [2.05, 4.69) is 0 Å². The fourth-order valence-electron chi connectivity index (χ4n) is 2.30. The van der Waals surface area contributed by atoms with E-state index in [-0.39, 0.29) is 18.3 Å². The van der Waals surface area contributed by atoms with Crippen molar-refractivity contribution in [3.63, 3.8) is 0 Å². The average Bonchev–Trinajstić information content (AvgIpc) is 2.46. The second-order valence-electron chi connectivity index (χ2n) is 4.65. The fourth-order valence-corrected chi connectivity index (χ4v) is 2.30. The summed E-state index contributed by atoms with van der Waals surface area (Å²) in [6, 6.07) is 11.3. The summed E-state index contributed by atoms with van der Waals surface area (Å²) < 4.78 is 24.1. The van der Waals surface area contributed by atoms with Gasteiger partial charge in [-0.1, -0.05) is 12.1 Å². The van der Waals surface area contributed by atoms with Crippen LogP contribution in [0.2, 0.25) is 0 Å². The highest BCUT2D eigenvalue weighted by atomic mass is 19.1. The van der Waals surface area contributed by atoms with Gasteiger partial charge in [-0.2, -0.15) is 0 Å². The number of ketones is 1. The van der Waals surface area contributed by atoms with Gasteiger partial charge in [0.25, 0.3) is 0 Å². The molecule has 1 atom stereocenters. The third-order valence-electron chi connectivity index (χ3n) is 3.37. The molecule has 0 aromatic heterocycles. The van der Waals surface area contributed by atoms with E-state index in [1.165, 1.54) is 18.2 Å². The number of hydrogen-bond donors (Lipinski definition) is 0. The molecular weight excluding hydrogens is 259 g/mol. The van der Waals surface area contributed by atoms with Gasteiger partial charge in [0.1, 0.15) is 23.4 Å². The van der Waals surface area contributed by atoms with E-state index in [0.717, 1.165) is 11.3 Å². The predicted molar refractivity (Wildman–Crippen MR) is 71.7 cm³/mol. The maximum absolute atomic E-state index is 13.2. The predicted octanol–water partition coefficient (Wildman–Crippen LogP) is 3.54. The molecule has 0 bridgehead atoms. The van der Waals surface area contributed by atoms with Crippen LogP contribution in [0, 0.1) is 5.82 Å². The molecule has 0 N–H and O–H groups in total. The van der Waals surface area contributed by atoms with Crippen molar-refractivity contribution in [2.75, 3.05) is 7.11 Å². The second kappa shape index (κ2) is 4.96. The molecule has 0 saturated heterocycles. The van der Waals surface area contributed by atoms with Crippen molar-refractivity contribution in [1.29, 1.82) is 0 Å². The number of hydrogen-bond acceptors (Lipinski definition) is 3. The van der Waals surface area contributed by atoms with E-state index in [0.29, 0.717) is 11.3 Å². The number of carbonyl (C=O) groups excluding carboxylic acids is 1. The van der Waals surface area contributed by atoms with Crippen LogP contribution in [-0.2, 0) is 0 Å². The molecule has 0 unspecified atom stereocenters. The smallest absolute Gasteiger partial charge is 0.170 e. The Morgan fingerprint density at radius 1 is 1.20 bits per heavy atom. The molecule has 1 heterocycles. The van der Waals surface area contributed by atoms with E-state index >= 15 is 0 Å². The first-order valence-corrected chi connectivity index (χ1v) is 6.31. The minimum atomic E-state index is -0.410. The van der Waals surface area contributed by atoms with Crippen LogP contribution in [0.5, 0.6) is 11.5 Å². The molecule has 0 saturated carbocycles. The number of ether oxygens (including phenoxy) is 2. The quantitative estimate of drug-likeness (QED) is 0.838. The number of methoxy groups -OCH3 is 1. The van der Waals surface area contributed by atoms with E-state index in [1.54, 1.807) is 7.11 Å². The molecule has 1 aliphatic heterocycles. The summed E-state index contributed by atoms with van der Waals surface area (Å²) in [6.07, 6.45) is -0.131. The molecule has 0 amide bonds. The first-order chi connectivity index (χ1) is 9.67. The van der Waals surface area contributed by atoms with Crippen molar-refractivity contribution in [3.05, 3.63) is 59.4 Å². The summed E-state index contributed by atoms with van der Waals surface area (Å²) in [5.74, 6) is 0.600. The Morgan fingerprint density at radius 2 is 1.95 bits per heavy atom. The highest BCUT2D eigenvalue weighted by Crippen LogP contribution is 2.35. The third-order valence-corrected chi connectivity index (χ3v) is 3.37. The summed E-state index contributed by atoms with van der Waals surface area (Å²) in [6.45, 7) is 0. The van der Waals surface area contributed by atoms with Crippen molar-refractivity contribution in [2.45, 2.75) is 12.5 Å². The Hall–Kier alpha value is -2.36. The Kier molecular flexibility index (Phi) is 3.14. The van der Waals surface area contributed by atoms with Gasteiger partial charge in [-0.05, 0) is 29.8 Å². The summed E-state index contributed by atoms with van der Waals surface area (Å²) in [5, 5.41) is 0. The van der Waals surface area contributed by atoms with Crippen LogP contribution >= 0.6 is 0 Å². The molecule has 0 aliphatic carbocycles. The van der Waals surface area contributed by atoms with Crippen LogP contribution in [0.25, 0.3) is 0 Å². The molecule has 0 radical (unpaired) electrons. The number of benzene rings is 2. The average molecular weight is 272 g/mol. The Labute approximate surface area is 115 Å².